The Kier molecular flexibility index (Phi) is 3.94. The van der Waals surface area contributed by atoms with Crippen LogP contribution in [0.15, 0.2) is 18.2 Å². The molecule has 0 bridgehead atoms. The molecule has 0 saturated carbocycles. The maximum atomic E-state index is 13.5. The van der Waals surface area contributed by atoms with Crippen molar-refractivity contribution < 1.29 is 13.9 Å². The Morgan fingerprint density at radius 3 is 2.50 bits per heavy atom. The van der Waals surface area contributed by atoms with E-state index in [2.05, 4.69) is 15.0 Å². The van der Waals surface area contributed by atoms with E-state index >= 15 is 0 Å². The van der Waals surface area contributed by atoms with Crippen LogP contribution in [0.1, 0.15) is 16.2 Å². The number of anilines is 2. The minimum absolute atomic E-state index is 0.0512. The van der Waals surface area contributed by atoms with Crippen LogP contribution in [0.3, 0.4) is 0 Å². The Labute approximate surface area is 117 Å². The molecule has 0 fully saturated rings. The minimum atomic E-state index is -0.939. The molecule has 20 heavy (non-hydrogen) atoms. The average molecular weight is 298 g/mol. The number of benzene rings is 1. The first-order valence-electron chi connectivity index (χ1n) is 5.34. The predicted octanol–water partition coefficient (Wildman–Crippen LogP) is 1.19. The van der Waals surface area contributed by atoms with Gasteiger partial charge in [0.1, 0.15) is 11.4 Å². The van der Waals surface area contributed by atoms with Gasteiger partial charge >= 0.3 is 5.97 Å². The van der Waals surface area contributed by atoms with Gasteiger partial charge in [0.05, 0.1) is 5.02 Å². The van der Waals surface area contributed by atoms with Gasteiger partial charge in [-0.05, 0) is 12.1 Å². The number of hydrogen-bond donors (Lipinski definition) is 2. The van der Waals surface area contributed by atoms with Gasteiger partial charge in [-0.1, -0.05) is 17.7 Å². The fourth-order valence-corrected chi connectivity index (χ4v) is 1.66. The van der Waals surface area contributed by atoms with Crippen LogP contribution in [0.4, 0.5) is 16.3 Å². The SMILES string of the molecule is Nc1nc(N)nc(COC(=O)c2c(F)cccc2Cl)n1. The van der Waals surface area contributed by atoms with Crippen molar-refractivity contribution in [2.75, 3.05) is 11.5 Å². The van der Waals surface area contributed by atoms with Crippen LogP contribution in [0.5, 0.6) is 0 Å². The fraction of sp³-hybridized carbons (Fsp3) is 0.0909. The van der Waals surface area contributed by atoms with E-state index in [1.54, 1.807) is 0 Å². The lowest BCUT2D eigenvalue weighted by molar-refractivity contribution is 0.0457. The lowest BCUT2D eigenvalue weighted by Crippen LogP contribution is -2.12. The molecule has 0 amide bonds. The topological polar surface area (TPSA) is 117 Å². The summed E-state index contributed by atoms with van der Waals surface area (Å²) in [5.74, 6) is -1.88. The first-order valence-corrected chi connectivity index (χ1v) is 5.72. The maximum absolute atomic E-state index is 13.5. The van der Waals surface area contributed by atoms with E-state index in [4.69, 9.17) is 27.8 Å². The molecule has 7 nitrogen and oxygen atoms in total. The number of nitrogens with two attached hydrogens (primary N) is 2. The molecular weight excluding hydrogens is 289 g/mol. The van der Waals surface area contributed by atoms with Gasteiger partial charge in [-0.25, -0.2) is 9.18 Å². The fourth-order valence-electron chi connectivity index (χ4n) is 1.42. The monoisotopic (exact) mass is 297 g/mol. The molecule has 0 aliphatic carbocycles. The Balaban J connectivity index is 2.13. The van der Waals surface area contributed by atoms with Crippen LogP contribution in [-0.4, -0.2) is 20.9 Å². The van der Waals surface area contributed by atoms with E-state index in [0.717, 1.165) is 6.07 Å². The number of nitrogen functional groups attached to an aromatic ring is 2. The second-order valence-corrected chi connectivity index (χ2v) is 4.05. The highest BCUT2D eigenvalue weighted by molar-refractivity contribution is 6.33. The molecule has 0 aliphatic heterocycles. The number of carbonyl (C=O) groups is 1. The molecule has 0 saturated heterocycles. The zero-order valence-corrected chi connectivity index (χ0v) is 10.8. The summed E-state index contributed by atoms with van der Waals surface area (Å²) in [6.07, 6.45) is 0. The summed E-state index contributed by atoms with van der Waals surface area (Å²) in [6.45, 7) is -0.333. The molecular formula is C11H9ClFN5O2. The Hall–Kier alpha value is -2.48. The third-order valence-corrected chi connectivity index (χ3v) is 2.53. The summed E-state index contributed by atoms with van der Waals surface area (Å²) in [5, 5.41) is -0.0512. The molecule has 0 unspecified atom stereocenters. The number of carbonyl (C=O) groups excluding carboxylic acids is 1. The number of hydrogen-bond acceptors (Lipinski definition) is 7. The van der Waals surface area contributed by atoms with E-state index in [0.29, 0.717) is 0 Å². The molecule has 1 aromatic heterocycles. The molecule has 2 aromatic rings. The van der Waals surface area contributed by atoms with Gasteiger partial charge < -0.3 is 16.2 Å². The van der Waals surface area contributed by atoms with E-state index in [9.17, 15) is 9.18 Å². The third-order valence-electron chi connectivity index (χ3n) is 2.22. The number of ether oxygens (including phenoxy) is 1. The quantitative estimate of drug-likeness (QED) is 0.817. The van der Waals surface area contributed by atoms with Crippen molar-refractivity contribution in [3.63, 3.8) is 0 Å². The van der Waals surface area contributed by atoms with E-state index < -0.39 is 11.8 Å². The number of esters is 1. The van der Waals surface area contributed by atoms with Gasteiger partial charge in [0.2, 0.25) is 11.9 Å². The number of nitrogens with zero attached hydrogens (tertiary/aromatic N) is 3. The maximum Gasteiger partial charge on any atom is 0.343 e. The van der Waals surface area contributed by atoms with Gasteiger partial charge in [0.15, 0.2) is 12.4 Å². The highest BCUT2D eigenvalue weighted by Gasteiger charge is 2.17. The van der Waals surface area contributed by atoms with Gasteiger partial charge in [-0.3, -0.25) is 0 Å². The van der Waals surface area contributed by atoms with Crippen molar-refractivity contribution in [3.8, 4) is 0 Å². The smallest absolute Gasteiger partial charge is 0.343 e. The number of halogens is 2. The van der Waals surface area contributed by atoms with Crippen molar-refractivity contribution in [2.45, 2.75) is 6.61 Å². The first kappa shape index (κ1) is 13.9. The predicted molar refractivity (Wildman–Crippen MR) is 69.2 cm³/mol. The van der Waals surface area contributed by atoms with E-state index in [-0.39, 0.29) is 34.9 Å². The summed E-state index contributed by atoms with van der Waals surface area (Å²) in [6, 6.07) is 3.85. The van der Waals surface area contributed by atoms with Gasteiger partial charge in [-0.15, -0.1) is 0 Å². The molecule has 9 heteroatoms. The van der Waals surface area contributed by atoms with Crippen LogP contribution in [-0.2, 0) is 11.3 Å². The van der Waals surface area contributed by atoms with E-state index in [1.165, 1.54) is 12.1 Å². The van der Waals surface area contributed by atoms with Gasteiger partial charge in [0.25, 0.3) is 0 Å². The number of rotatable bonds is 3. The first-order chi connectivity index (χ1) is 9.47. The normalized spacial score (nSPS) is 10.3. The average Bonchev–Trinajstić information content (AvgIpc) is 2.35. The Morgan fingerprint density at radius 2 is 1.90 bits per heavy atom. The number of aromatic nitrogens is 3. The zero-order chi connectivity index (χ0) is 14.7. The molecule has 4 N–H and O–H groups in total. The molecule has 0 radical (unpaired) electrons. The van der Waals surface area contributed by atoms with Crippen LogP contribution < -0.4 is 11.5 Å². The standard InChI is InChI=1S/C11H9ClFN5O2/c12-5-2-1-3-6(13)8(5)9(19)20-4-7-16-10(14)18-11(15)17-7/h1-3H,4H2,(H4,14,15,16,17,18). The van der Waals surface area contributed by atoms with Crippen molar-refractivity contribution in [1.29, 1.82) is 0 Å². The lowest BCUT2D eigenvalue weighted by atomic mass is 10.2. The molecule has 1 heterocycles. The second kappa shape index (κ2) is 5.66. The highest BCUT2D eigenvalue weighted by Crippen LogP contribution is 2.20. The Morgan fingerprint density at radius 1 is 1.25 bits per heavy atom. The van der Waals surface area contributed by atoms with Crippen molar-refractivity contribution >= 4 is 29.5 Å². The summed E-state index contributed by atoms with van der Waals surface area (Å²) in [5.41, 5.74) is 10.4. The molecule has 0 spiro atoms. The van der Waals surface area contributed by atoms with Crippen LogP contribution >= 0.6 is 11.6 Å². The summed E-state index contributed by atoms with van der Waals surface area (Å²) in [7, 11) is 0. The Bertz CT molecular complexity index is 627. The van der Waals surface area contributed by atoms with E-state index in [1.807, 2.05) is 0 Å². The molecule has 2 rings (SSSR count). The van der Waals surface area contributed by atoms with Crippen molar-refractivity contribution in [2.24, 2.45) is 0 Å². The second-order valence-electron chi connectivity index (χ2n) is 3.64. The largest absolute Gasteiger partial charge is 0.454 e. The molecule has 1 aromatic carbocycles. The lowest BCUT2D eigenvalue weighted by Gasteiger charge is -2.06. The highest BCUT2D eigenvalue weighted by atomic mass is 35.5. The summed E-state index contributed by atoms with van der Waals surface area (Å²) < 4.78 is 18.3. The van der Waals surface area contributed by atoms with Crippen molar-refractivity contribution in [1.82, 2.24) is 15.0 Å². The van der Waals surface area contributed by atoms with Crippen molar-refractivity contribution in [3.05, 3.63) is 40.4 Å². The summed E-state index contributed by atoms with van der Waals surface area (Å²) >= 11 is 5.73. The molecule has 0 aliphatic rings. The minimum Gasteiger partial charge on any atom is -0.454 e. The molecule has 0 atom stereocenters. The van der Waals surface area contributed by atoms with Crippen LogP contribution in [0.2, 0.25) is 5.02 Å². The van der Waals surface area contributed by atoms with Crippen LogP contribution in [0, 0.1) is 5.82 Å². The third kappa shape index (κ3) is 3.09. The van der Waals surface area contributed by atoms with Gasteiger partial charge in [-0.2, -0.15) is 15.0 Å². The zero-order valence-electron chi connectivity index (χ0n) is 10.0. The molecule has 104 valence electrons. The summed E-state index contributed by atoms with van der Waals surface area (Å²) in [4.78, 5) is 22.7. The van der Waals surface area contributed by atoms with Gasteiger partial charge in [0, 0.05) is 0 Å². The van der Waals surface area contributed by atoms with Crippen LogP contribution in [0.25, 0.3) is 0 Å².